The Bertz CT molecular complexity index is 1120. The van der Waals surface area contributed by atoms with Gasteiger partial charge in [-0.3, -0.25) is 4.79 Å². The number of hydrogen-bond donors (Lipinski definition) is 0. The van der Waals surface area contributed by atoms with Crippen molar-refractivity contribution < 1.29 is 9.00 Å². The Hall–Kier alpha value is -3.05. The van der Waals surface area contributed by atoms with Crippen molar-refractivity contribution in [3.8, 4) is 11.3 Å². The SMILES string of the molecule is CC.Cc1ccnc2c1cc(-c1ccc(C=O)cc1)n2S(=O)c1ccccc1. The highest BCUT2D eigenvalue weighted by molar-refractivity contribution is 7.83. The average molecular weight is 391 g/mol. The molecule has 4 aromatic rings. The normalized spacial score (nSPS) is 11.5. The third kappa shape index (κ3) is 3.66. The van der Waals surface area contributed by atoms with Gasteiger partial charge in [-0.05, 0) is 42.3 Å². The number of carbonyl (C=O) groups excluding carboxylic acids is 1. The first-order valence-electron chi connectivity index (χ1n) is 9.19. The Morgan fingerprint density at radius 2 is 1.64 bits per heavy atom. The topological polar surface area (TPSA) is 52.0 Å². The van der Waals surface area contributed by atoms with Crippen LogP contribution in [-0.2, 0) is 11.0 Å². The zero-order valence-corrected chi connectivity index (χ0v) is 16.9. The lowest BCUT2D eigenvalue weighted by Gasteiger charge is -2.10. The van der Waals surface area contributed by atoms with Gasteiger partial charge in [0.1, 0.15) is 6.29 Å². The van der Waals surface area contributed by atoms with E-state index in [1.165, 1.54) is 0 Å². The van der Waals surface area contributed by atoms with E-state index in [0.29, 0.717) is 16.1 Å². The summed E-state index contributed by atoms with van der Waals surface area (Å²) in [5.74, 6) is 0. The molecule has 0 N–H and O–H groups in total. The van der Waals surface area contributed by atoms with E-state index >= 15 is 0 Å². The minimum Gasteiger partial charge on any atom is -0.298 e. The summed E-state index contributed by atoms with van der Waals surface area (Å²) in [5, 5.41) is 0.964. The van der Waals surface area contributed by atoms with Crippen LogP contribution in [-0.4, -0.2) is 19.5 Å². The molecule has 2 heterocycles. The molecule has 0 saturated carbocycles. The lowest BCUT2D eigenvalue weighted by atomic mass is 10.1. The van der Waals surface area contributed by atoms with E-state index in [1.807, 2.05) is 75.4 Å². The molecule has 5 heteroatoms. The predicted octanol–water partition coefficient (Wildman–Crippen LogP) is 5.42. The maximum absolute atomic E-state index is 13.3. The van der Waals surface area contributed by atoms with Crippen LogP contribution in [0, 0.1) is 6.92 Å². The van der Waals surface area contributed by atoms with E-state index < -0.39 is 11.0 Å². The largest absolute Gasteiger partial charge is 0.298 e. The second-order valence-electron chi connectivity index (χ2n) is 5.99. The molecule has 1 atom stereocenters. The van der Waals surface area contributed by atoms with Crippen LogP contribution in [0.4, 0.5) is 0 Å². The van der Waals surface area contributed by atoms with E-state index in [0.717, 1.165) is 28.5 Å². The molecule has 0 aliphatic rings. The van der Waals surface area contributed by atoms with Gasteiger partial charge in [-0.1, -0.05) is 56.3 Å². The molecule has 28 heavy (non-hydrogen) atoms. The average Bonchev–Trinajstić information content (AvgIpc) is 3.16. The highest BCUT2D eigenvalue weighted by atomic mass is 32.2. The Morgan fingerprint density at radius 1 is 0.964 bits per heavy atom. The number of hydrogen-bond acceptors (Lipinski definition) is 3. The van der Waals surface area contributed by atoms with Gasteiger partial charge in [0, 0.05) is 17.1 Å². The number of benzene rings is 2. The van der Waals surface area contributed by atoms with Crippen LogP contribution >= 0.6 is 0 Å². The number of fused-ring (bicyclic) bond motifs is 1. The lowest BCUT2D eigenvalue weighted by Crippen LogP contribution is -2.07. The zero-order valence-electron chi connectivity index (χ0n) is 16.1. The number of rotatable bonds is 4. The number of aldehydes is 1. The molecule has 0 bridgehead atoms. The monoisotopic (exact) mass is 390 g/mol. The van der Waals surface area contributed by atoms with E-state index in [-0.39, 0.29) is 0 Å². The molecule has 0 radical (unpaired) electrons. The molecule has 0 saturated heterocycles. The fourth-order valence-corrected chi connectivity index (χ4v) is 4.19. The number of aryl methyl sites for hydroxylation is 1. The van der Waals surface area contributed by atoms with Gasteiger partial charge in [0.05, 0.1) is 10.6 Å². The van der Waals surface area contributed by atoms with Crippen LogP contribution in [0.25, 0.3) is 22.3 Å². The molecule has 2 aromatic carbocycles. The first-order chi connectivity index (χ1) is 13.7. The summed E-state index contributed by atoms with van der Waals surface area (Å²) in [6, 6.07) is 20.5. The molecular formula is C23H22N2O2S. The number of aromatic nitrogens is 2. The first kappa shape index (κ1) is 19.7. The fraction of sp³-hybridized carbons (Fsp3) is 0.130. The zero-order chi connectivity index (χ0) is 20.1. The van der Waals surface area contributed by atoms with Crippen LogP contribution in [0.3, 0.4) is 0 Å². The highest BCUT2D eigenvalue weighted by Crippen LogP contribution is 2.31. The summed E-state index contributed by atoms with van der Waals surface area (Å²) in [6.07, 6.45) is 2.54. The highest BCUT2D eigenvalue weighted by Gasteiger charge is 2.18. The Morgan fingerprint density at radius 3 is 2.29 bits per heavy atom. The van der Waals surface area contributed by atoms with E-state index in [1.54, 1.807) is 22.3 Å². The first-order valence-corrected chi connectivity index (χ1v) is 10.3. The molecule has 4 rings (SSSR count). The quantitative estimate of drug-likeness (QED) is 0.437. The van der Waals surface area contributed by atoms with Crippen LogP contribution in [0.1, 0.15) is 29.8 Å². The molecule has 1 unspecified atom stereocenters. The van der Waals surface area contributed by atoms with Gasteiger partial charge < -0.3 is 0 Å². The molecular weight excluding hydrogens is 368 g/mol. The van der Waals surface area contributed by atoms with Crippen molar-refractivity contribution >= 4 is 28.3 Å². The standard InChI is InChI=1S/C21H16N2O2S.C2H6/c1-15-11-12-22-21-19(15)13-20(17-9-7-16(14-24)8-10-17)23(21)26(25)18-5-3-2-4-6-18;1-2/h2-14H,1H3;1-2H3. The molecule has 0 amide bonds. The summed E-state index contributed by atoms with van der Waals surface area (Å²) in [6.45, 7) is 6.01. The van der Waals surface area contributed by atoms with Gasteiger partial charge in [0.2, 0.25) is 0 Å². The second-order valence-corrected chi connectivity index (χ2v) is 7.33. The molecule has 0 aliphatic carbocycles. The van der Waals surface area contributed by atoms with E-state index in [9.17, 15) is 9.00 Å². The molecule has 0 spiro atoms. The van der Waals surface area contributed by atoms with Crippen molar-refractivity contribution in [2.75, 3.05) is 0 Å². The number of nitrogens with zero attached hydrogens (tertiary/aromatic N) is 2. The van der Waals surface area contributed by atoms with Crippen LogP contribution < -0.4 is 0 Å². The molecule has 142 valence electrons. The van der Waals surface area contributed by atoms with Crippen LogP contribution in [0.15, 0.2) is 77.8 Å². The summed E-state index contributed by atoms with van der Waals surface area (Å²) in [7, 11) is -1.43. The van der Waals surface area contributed by atoms with Crippen molar-refractivity contribution in [2.24, 2.45) is 0 Å². The lowest BCUT2D eigenvalue weighted by molar-refractivity contribution is 0.112. The van der Waals surface area contributed by atoms with Crippen molar-refractivity contribution in [1.29, 1.82) is 0 Å². The minimum absolute atomic E-state index is 0.606. The summed E-state index contributed by atoms with van der Waals surface area (Å²) in [4.78, 5) is 16.1. The third-order valence-corrected chi connectivity index (χ3v) is 5.71. The van der Waals surface area contributed by atoms with Gasteiger partial charge in [-0.15, -0.1) is 0 Å². The fourth-order valence-electron chi connectivity index (χ4n) is 2.95. The van der Waals surface area contributed by atoms with Gasteiger partial charge in [-0.2, -0.15) is 0 Å². The summed E-state index contributed by atoms with van der Waals surface area (Å²) < 4.78 is 15.1. The Labute approximate surface area is 167 Å². The Balaban J connectivity index is 0.00000109. The second kappa shape index (κ2) is 8.76. The van der Waals surface area contributed by atoms with Crippen molar-refractivity contribution in [3.05, 3.63) is 84.1 Å². The van der Waals surface area contributed by atoms with Gasteiger partial charge >= 0.3 is 0 Å². The van der Waals surface area contributed by atoms with Crippen molar-refractivity contribution in [1.82, 2.24) is 8.96 Å². The maximum atomic E-state index is 13.3. The van der Waals surface area contributed by atoms with E-state index in [2.05, 4.69) is 4.98 Å². The molecule has 0 fully saturated rings. The van der Waals surface area contributed by atoms with Crippen LogP contribution in [0.5, 0.6) is 0 Å². The van der Waals surface area contributed by atoms with Gasteiger partial charge in [0.15, 0.2) is 16.6 Å². The van der Waals surface area contributed by atoms with Crippen molar-refractivity contribution in [2.45, 2.75) is 25.7 Å². The summed E-state index contributed by atoms with van der Waals surface area (Å²) >= 11 is 0. The molecule has 0 aliphatic heterocycles. The van der Waals surface area contributed by atoms with E-state index in [4.69, 9.17) is 0 Å². The van der Waals surface area contributed by atoms with Gasteiger partial charge in [0.25, 0.3) is 0 Å². The predicted molar refractivity (Wildman–Crippen MR) is 115 cm³/mol. The summed E-state index contributed by atoms with van der Waals surface area (Å²) in [5.41, 5.74) is 4.06. The maximum Gasteiger partial charge on any atom is 0.158 e. The van der Waals surface area contributed by atoms with Crippen LogP contribution in [0.2, 0.25) is 0 Å². The smallest absolute Gasteiger partial charge is 0.158 e. The van der Waals surface area contributed by atoms with Gasteiger partial charge in [-0.25, -0.2) is 13.2 Å². The molecule has 2 aromatic heterocycles. The minimum atomic E-state index is -1.43. The molecule has 4 nitrogen and oxygen atoms in total. The number of pyridine rings is 1. The Kier molecular flexibility index (Phi) is 6.16. The third-order valence-electron chi connectivity index (χ3n) is 4.33. The number of carbonyl (C=O) groups is 1. The van der Waals surface area contributed by atoms with Crippen molar-refractivity contribution in [3.63, 3.8) is 0 Å².